The Kier molecular flexibility index (Phi) is 1.67. The van der Waals surface area contributed by atoms with Crippen molar-refractivity contribution in [1.29, 1.82) is 0 Å². The summed E-state index contributed by atoms with van der Waals surface area (Å²) in [5.74, 6) is 0. The van der Waals surface area contributed by atoms with Crippen LogP contribution in [0.2, 0.25) is 0 Å². The van der Waals surface area contributed by atoms with Crippen molar-refractivity contribution in [3.63, 3.8) is 0 Å². The van der Waals surface area contributed by atoms with Crippen molar-refractivity contribution in [2.45, 2.75) is 31.2 Å². The summed E-state index contributed by atoms with van der Waals surface area (Å²) in [7, 11) is 1.71. The van der Waals surface area contributed by atoms with E-state index in [1.54, 1.807) is 7.11 Å². The van der Waals surface area contributed by atoms with Gasteiger partial charge >= 0.3 is 0 Å². The molecule has 3 nitrogen and oxygen atoms in total. The molecule has 0 N–H and O–H groups in total. The van der Waals surface area contributed by atoms with E-state index in [4.69, 9.17) is 14.2 Å². The highest BCUT2D eigenvalue weighted by Gasteiger charge is 2.52. The van der Waals surface area contributed by atoms with Crippen LogP contribution in [0.25, 0.3) is 0 Å². The second-order valence-electron chi connectivity index (χ2n) is 3.37. The fourth-order valence-corrected chi connectivity index (χ4v) is 1.99. The zero-order valence-electron chi connectivity index (χ0n) is 7.00. The molecule has 0 saturated carbocycles. The van der Waals surface area contributed by atoms with Gasteiger partial charge in [0.25, 0.3) is 0 Å². The summed E-state index contributed by atoms with van der Waals surface area (Å²) in [6.45, 7) is 3.56. The predicted molar refractivity (Wildman–Crippen MR) is 39.5 cm³/mol. The summed E-state index contributed by atoms with van der Waals surface area (Å²) in [4.78, 5) is 0. The Morgan fingerprint density at radius 2 is 2.36 bits per heavy atom. The van der Waals surface area contributed by atoms with E-state index >= 15 is 0 Å². The molecule has 1 unspecified atom stereocenters. The van der Waals surface area contributed by atoms with Crippen molar-refractivity contribution < 1.29 is 14.2 Å². The highest BCUT2D eigenvalue weighted by molar-refractivity contribution is 5.01. The van der Waals surface area contributed by atoms with E-state index in [9.17, 15) is 0 Å². The molecule has 2 rings (SSSR count). The Balaban J connectivity index is 2.16. The zero-order valence-corrected chi connectivity index (χ0v) is 7.00. The maximum absolute atomic E-state index is 5.62. The number of methoxy groups -OCH3 is 1. The molecular weight excluding hydrogens is 144 g/mol. The number of rotatable bonds is 1. The lowest BCUT2D eigenvalue weighted by Gasteiger charge is -2.26. The van der Waals surface area contributed by atoms with Gasteiger partial charge in [-0.05, 0) is 13.3 Å². The molecule has 0 bridgehead atoms. The second kappa shape index (κ2) is 2.44. The molecule has 2 saturated heterocycles. The SMILES string of the molecule is CO[C@@H]1COC2CCO[C@@]21C. The summed E-state index contributed by atoms with van der Waals surface area (Å²) in [6, 6.07) is 0. The van der Waals surface area contributed by atoms with Crippen LogP contribution in [0.5, 0.6) is 0 Å². The lowest BCUT2D eigenvalue weighted by Crippen LogP contribution is -2.42. The number of hydrogen-bond acceptors (Lipinski definition) is 3. The van der Waals surface area contributed by atoms with E-state index in [1.807, 2.05) is 0 Å². The molecule has 3 heteroatoms. The molecule has 2 heterocycles. The van der Waals surface area contributed by atoms with Gasteiger partial charge in [0.15, 0.2) is 0 Å². The molecule has 3 atom stereocenters. The molecule has 0 aromatic rings. The topological polar surface area (TPSA) is 27.7 Å². The lowest BCUT2D eigenvalue weighted by molar-refractivity contribution is -0.0773. The van der Waals surface area contributed by atoms with E-state index in [2.05, 4.69) is 6.92 Å². The third-order valence-corrected chi connectivity index (χ3v) is 2.81. The monoisotopic (exact) mass is 158 g/mol. The van der Waals surface area contributed by atoms with Crippen molar-refractivity contribution >= 4 is 0 Å². The molecule has 0 radical (unpaired) electrons. The molecule has 0 spiro atoms. The fourth-order valence-electron chi connectivity index (χ4n) is 1.99. The van der Waals surface area contributed by atoms with Gasteiger partial charge in [-0.1, -0.05) is 0 Å². The molecule has 0 aliphatic carbocycles. The summed E-state index contributed by atoms with van der Waals surface area (Å²) >= 11 is 0. The Morgan fingerprint density at radius 3 is 3.09 bits per heavy atom. The van der Waals surface area contributed by atoms with Crippen molar-refractivity contribution in [1.82, 2.24) is 0 Å². The van der Waals surface area contributed by atoms with Crippen LogP contribution < -0.4 is 0 Å². The van der Waals surface area contributed by atoms with E-state index in [0.29, 0.717) is 6.61 Å². The van der Waals surface area contributed by atoms with E-state index in [1.165, 1.54) is 0 Å². The molecule has 11 heavy (non-hydrogen) atoms. The highest BCUT2D eigenvalue weighted by atomic mass is 16.6. The average molecular weight is 158 g/mol. The van der Waals surface area contributed by atoms with Crippen LogP contribution in [-0.2, 0) is 14.2 Å². The van der Waals surface area contributed by atoms with Gasteiger partial charge in [-0.3, -0.25) is 0 Å². The number of ether oxygens (including phenoxy) is 3. The standard InChI is InChI=1S/C8H14O3/c1-8-6(3-4-11-8)10-5-7(8)9-2/h6-7H,3-5H2,1-2H3/t6?,7-,8+/m1/s1. The first-order chi connectivity index (χ1) is 5.27. The van der Waals surface area contributed by atoms with Crippen molar-refractivity contribution in [2.75, 3.05) is 20.3 Å². The quantitative estimate of drug-likeness (QED) is 0.558. The van der Waals surface area contributed by atoms with Gasteiger partial charge < -0.3 is 14.2 Å². The Hall–Kier alpha value is -0.120. The number of hydrogen-bond donors (Lipinski definition) is 0. The van der Waals surface area contributed by atoms with Crippen molar-refractivity contribution in [2.24, 2.45) is 0 Å². The first-order valence-corrected chi connectivity index (χ1v) is 4.05. The largest absolute Gasteiger partial charge is 0.376 e. The third kappa shape index (κ3) is 0.916. The van der Waals surface area contributed by atoms with Gasteiger partial charge in [-0.15, -0.1) is 0 Å². The van der Waals surface area contributed by atoms with Crippen LogP contribution >= 0.6 is 0 Å². The molecule has 2 fully saturated rings. The molecule has 64 valence electrons. The fraction of sp³-hybridized carbons (Fsp3) is 1.00. The minimum absolute atomic E-state index is 0.120. The Bertz CT molecular complexity index is 159. The first-order valence-electron chi connectivity index (χ1n) is 4.05. The van der Waals surface area contributed by atoms with Gasteiger partial charge in [0.05, 0.1) is 19.3 Å². The summed E-state index contributed by atoms with van der Waals surface area (Å²) in [6.07, 6.45) is 1.39. The van der Waals surface area contributed by atoms with Gasteiger partial charge in [0.2, 0.25) is 0 Å². The van der Waals surface area contributed by atoms with Crippen molar-refractivity contribution in [3.8, 4) is 0 Å². The van der Waals surface area contributed by atoms with Gasteiger partial charge in [0.1, 0.15) is 11.7 Å². The normalized spacial score (nSPS) is 49.6. The molecular formula is C8H14O3. The van der Waals surface area contributed by atoms with Crippen LogP contribution in [0.1, 0.15) is 13.3 Å². The van der Waals surface area contributed by atoms with Crippen molar-refractivity contribution in [3.05, 3.63) is 0 Å². The van der Waals surface area contributed by atoms with E-state index in [0.717, 1.165) is 13.0 Å². The predicted octanol–water partition coefficient (Wildman–Crippen LogP) is 0.579. The molecule has 0 aromatic carbocycles. The van der Waals surface area contributed by atoms with E-state index < -0.39 is 0 Å². The van der Waals surface area contributed by atoms with Crippen LogP contribution in [-0.4, -0.2) is 38.1 Å². The second-order valence-corrected chi connectivity index (χ2v) is 3.37. The molecule has 0 aromatic heterocycles. The smallest absolute Gasteiger partial charge is 0.120 e. The maximum atomic E-state index is 5.62. The molecule has 2 aliphatic rings. The third-order valence-electron chi connectivity index (χ3n) is 2.81. The lowest BCUT2D eigenvalue weighted by atomic mass is 9.96. The van der Waals surface area contributed by atoms with Crippen LogP contribution in [0, 0.1) is 0 Å². The average Bonchev–Trinajstić information content (AvgIpc) is 2.44. The minimum Gasteiger partial charge on any atom is -0.376 e. The zero-order chi connectivity index (χ0) is 7.90. The summed E-state index contributed by atoms with van der Waals surface area (Å²) in [5, 5.41) is 0. The summed E-state index contributed by atoms with van der Waals surface area (Å²) in [5.41, 5.74) is -0.172. The minimum atomic E-state index is -0.172. The van der Waals surface area contributed by atoms with Crippen LogP contribution in [0.15, 0.2) is 0 Å². The van der Waals surface area contributed by atoms with Gasteiger partial charge in [-0.25, -0.2) is 0 Å². The number of fused-ring (bicyclic) bond motifs is 1. The van der Waals surface area contributed by atoms with Gasteiger partial charge in [-0.2, -0.15) is 0 Å². The Labute approximate surface area is 66.6 Å². The maximum Gasteiger partial charge on any atom is 0.120 e. The van der Waals surface area contributed by atoms with Crippen LogP contribution in [0.4, 0.5) is 0 Å². The first kappa shape index (κ1) is 7.53. The van der Waals surface area contributed by atoms with Gasteiger partial charge in [0, 0.05) is 7.11 Å². The highest BCUT2D eigenvalue weighted by Crippen LogP contribution is 2.38. The molecule has 2 aliphatic heterocycles. The Morgan fingerprint density at radius 1 is 1.55 bits per heavy atom. The summed E-state index contributed by atoms with van der Waals surface area (Å²) < 4.78 is 16.4. The molecule has 0 amide bonds. The van der Waals surface area contributed by atoms with E-state index in [-0.39, 0.29) is 17.8 Å². The van der Waals surface area contributed by atoms with Crippen LogP contribution in [0.3, 0.4) is 0 Å².